The van der Waals surface area contributed by atoms with Crippen LogP contribution in [0, 0.1) is 0 Å². The molecule has 1 aromatic heterocycles. The van der Waals surface area contributed by atoms with Crippen LogP contribution in [0.4, 0.5) is 13.2 Å². The third kappa shape index (κ3) is 1.96. The van der Waals surface area contributed by atoms with Gasteiger partial charge in [-0.05, 0) is 12.8 Å². The fourth-order valence-corrected chi connectivity index (χ4v) is 3.22. The van der Waals surface area contributed by atoms with Crippen LogP contribution in [0.3, 0.4) is 0 Å². The molecular weight excluding hydrogens is 239 g/mol. The zero-order valence-corrected chi connectivity index (χ0v) is 9.37. The van der Waals surface area contributed by atoms with Crippen LogP contribution in [0.15, 0.2) is 5.38 Å². The molecule has 0 saturated heterocycles. The molecule has 1 heterocycles. The number of aliphatic hydroxyl groups is 1. The summed E-state index contributed by atoms with van der Waals surface area (Å²) in [6, 6.07) is 0. The van der Waals surface area contributed by atoms with E-state index < -0.39 is 17.3 Å². The molecule has 1 N–H and O–H groups in total. The quantitative estimate of drug-likeness (QED) is 0.876. The molecule has 0 aliphatic heterocycles. The van der Waals surface area contributed by atoms with Gasteiger partial charge < -0.3 is 5.11 Å². The van der Waals surface area contributed by atoms with Gasteiger partial charge in [0.15, 0.2) is 5.69 Å². The van der Waals surface area contributed by atoms with Crippen LogP contribution in [0.5, 0.6) is 0 Å². The Morgan fingerprint density at radius 3 is 2.44 bits per heavy atom. The highest BCUT2D eigenvalue weighted by atomic mass is 32.1. The number of hydrogen-bond acceptors (Lipinski definition) is 3. The molecule has 1 saturated carbocycles. The maximum absolute atomic E-state index is 12.4. The molecule has 2 rings (SSSR count). The highest BCUT2D eigenvalue weighted by Crippen LogP contribution is 2.43. The van der Waals surface area contributed by atoms with Gasteiger partial charge in [0, 0.05) is 10.8 Å². The molecular formula is C10H12F3NOS. The minimum atomic E-state index is -4.38. The Balaban J connectivity index is 2.30. The summed E-state index contributed by atoms with van der Waals surface area (Å²) >= 11 is 1.01. The van der Waals surface area contributed by atoms with Crippen molar-refractivity contribution in [2.75, 3.05) is 6.61 Å². The van der Waals surface area contributed by atoms with Gasteiger partial charge in [-0.25, -0.2) is 4.98 Å². The van der Waals surface area contributed by atoms with Gasteiger partial charge in [0.25, 0.3) is 0 Å². The van der Waals surface area contributed by atoms with Gasteiger partial charge in [0.05, 0.1) is 6.61 Å². The van der Waals surface area contributed by atoms with E-state index in [0.29, 0.717) is 5.01 Å². The summed E-state index contributed by atoms with van der Waals surface area (Å²) in [4.78, 5) is 3.64. The molecule has 1 aliphatic carbocycles. The topological polar surface area (TPSA) is 33.1 Å². The lowest BCUT2D eigenvalue weighted by Gasteiger charge is -2.23. The molecule has 0 bridgehead atoms. The van der Waals surface area contributed by atoms with E-state index in [1.807, 2.05) is 0 Å². The average molecular weight is 251 g/mol. The van der Waals surface area contributed by atoms with Crippen molar-refractivity contribution in [2.24, 2.45) is 0 Å². The SMILES string of the molecule is OCC1(c2nc(C(F)(F)F)cs2)CCCC1. The molecule has 0 aromatic carbocycles. The monoisotopic (exact) mass is 251 g/mol. The van der Waals surface area contributed by atoms with E-state index in [1.54, 1.807) is 0 Å². The predicted octanol–water partition coefficient (Wildman–Crippen LogP) is 2.97. The fourth-order valence-electron chi connectivity index (χ4n) is 2.14. The number of thiazole rings is 1. The summed E-state index contributed by atoms with van der Waals surface area (Å²) in [7, 11) is 0. The lowest BCUT2D eigenvalue weighted by Crippen LogP contribution is -2.26. The summed E-state index contributed by atoms with van der Waals surface area (Å²) in [5.41, 5.74) is -1.36. The van der Waals surface area contributed by atoms with E-state index in [-0.39, 0.29) is 6.61 Å². The molecule has 1 aliphatic rings. The van der Waals surface area contributed by atoms with E-state index in [4.69, 9.17) is 0 Å². The maximum Gasteiger partial charge on any atom is 0.434 e. The van der Waals surface area contributed by atoms with E-state index in [2.05, 4.69) is 4.98 Å². The van der Waals surface area contributed by atoms with Crippen molar-refractivity contribution >= 4 is 11.3 Å². The minimum Gasteiger partial charge on any atom is -0.395 e. The van der Waals surface area contributed by atoms with Crippen LogP contribution in [0.25, 0.3) is 0 Å². The Hall–Kier alpha value is -0.620. The third-order valence-corrected chi connectivity index (χ3v) is 4.20. The number of nitrogens with zero attached hydrogens (tertiary/aromatic N) is 1. The summed E-state index contributed by atoms with van der Waals surface area (Å²) in [5.74, 6) is 0. The van der Waals surface area contributed by atoms with Crippen molar-refractivity contribution in [2.45, 2.75) is 37.3 Å². The molecule has 0 amide bonds. The van der Waals surface area contributed by atoms with Crippen molar-refractivity contribution < 1.29 is 18.3 Å². The maximum atomic E-state index is 12.4. The van der Waals surface area contributed by atoms with Crippen LogP contribution in [0.1, 0.15) is 36.4 Å². The van der Waals surface area contributed by atoms with Crippen molar-refractivity contribution in [1.82, 2.24) is 4.98 Å². The molecule has 0 radical (unpaired) electrons. The molecule has 16 heavy (non-hydrogen) atoms. The Labute approximate surface area is 95.1 Å². The van der Waals surface area contributed by atoms with Gasteiger partial charge in [0.2, 0.25) is 0 Å². The van der Waals surface area contributed by atoms with E-state index in [1.165, 1.54) is 0 Å². The molecule has 0 spiro atoms. The van der Waals surface area contributed by atoms with E-state index >= 15 is 0 Å². The van der Waals surface area contributed by atoms with Crippen LogP contribution in [-0.2, 0) is 11.6 Å². The zero-order valence-electron chi connectivity index (χ0n) is 8.55. The van der Waals surface area contributed by atoms with E-state index in [0.717, 1.165) is 42.4 Å². The molecule has 6 heteroatoms. The van der Waals surface area contributed by atoms with Crippen molar-refractivity contribution in [1.29, 1.82) is 0 Å². The van der Waals surface area contributed by atoms with Gasteiger partial charge in [-0.15, -0.1) is 11.3 Å². The Bertz CT molecular complexity index is 368. The summed E-state index contributed by atoms with van der Waals surface area (Å²) in [6.07, 6.45) is -1.03. The first-order valence-electron chi connectivity index (χ1n) is 5.12. The fraction of sp³-hybridized carbons (Fsp3) is 0.700. The number of alkyl halides is 3. The number of aromatic nitrogens is 1. The molecule has 2 nitrogen and oxygen atoms in total. The van der Waals surface area contributed by atoms with E-state index in [9.17, 15) is 18.3 Å². The predicted molar refractivity (Wildman–Crippen MR) is 54.3 cm³/mol. The molecule has 0 unspecified atom stereocenters. The van der Waals surface area contributed by atoms with Gasteiger partial charge in [0.1, 0.15) is 5.01 Å². The number of rotatable bonds is 2. The standard InChI is InChI=1S/C10H12F3NOS/c11-10(12,13)7-5-16-8(14-7)9(6-15)3-1-2-4-9/h5,15H,1-4,6H2. The molecule has 90 valence electrons. The first-order chi connectivity index (χ1) is 7.48. The highest BCUT2D eigenvalue weighted by Gasteiger charge is 2.41. The first kappa shape index (κ1) is 11.9. The largest absolute Gasteiger partial charge is 0.434 e. The summed E-state index contributed by atoms with van der Waals surface area (Å²) in [6.45, 7) is -0.113. The van der Waals surface area contributed by atoms with Crippen molar-refractivity contribution in [3.63, 3.8) is 0 Å². The summed E-state index contributed by atoms with van der Waals surface area (Å²) < 4.78 is 37.2. The number of hydrogen-bond donors (Lipinski definition) is 1. The Kier molecular flexibility index (Phi) is 2.96. The molecule has 0 atom stereocenters. The average Bonchev–Trinajstić information content (AvgIpc) is 2.86. The second-order valence-corrected chi connectivity index (χ2v) is 5.04. The van der Waals surface area contributed by atoms with Crippen LogP contribution < -0.4 is 0 Å². The van der Waals surface area contributed by atoms with Gasteiger partial charge >= 0.3 is 6.18 Å². The smallest absolute Gasteiger partial charge is 0.395 e. The summed E-state index contributed by atoms with van der Waals surface area (Å²) in [5, 5.41) is 10.8. The molecule has 1 fully saturated rings. The lowest BCUT2D eigenvalue weighted by atomic mass is 9.88. The second-order valence-electron chi connectivity index (χ2n) is 4.18. The highest BCUT2D eigenvalue weighted by molar-refractivity contribution is 7.09. The van der Waals surface area contributed by atoms with Gasteiger partial charge in [-0.3, -0.25) is 0 Å². The zero-order chi connectivity index (χ0) is 11.8. The lowest BCUT2D eigenvalue weighted by molar-refractivity contribution is -0.140. The Morgan fingerprint density at radius 2 is 2.00 bits per heavy atom. The number of halogens is 3. The van der Waals surface area contributed by atoms with Crippen LogP contribution >= 0.6 is 11.3 Å². The van der Waals surface area contributed by atoms with Crippen molar-refractivity contribution in [3.8, 4) is 0 Å². The third-order valence-electron chi connectivity index (χ3n) is 3.11. The van der Waals surface area contributed by atoms with Gasteiger partial charge in [-0.1, -0.05) is 12.8 Å². The van der Waals surface area contributed by atoms with Crippen LogP contribution in [-0.4, -0.2) is 16.7 Å². The minimum absolute atomic E-state index is 0.113. The Morgan fingerprint density at radius 1 is 1.38 bits per heavy atom. The first-order valence-corrected chi connectivity index (χ1v) is 6.00. The van der Waals surface area contributed by atoms with Crippen molar-refractivity contribution in [3.05, 3.63) is 16.1 Å². The number of aliphatic hydroxyl groups excluding tert-OH is 1. The van der Waals surface area contributed by atoms with Gasteiger partial charge in [-0.2, -0.15) is 13.2 Å². The molecule has 1 aromatic rings. The van der Waals surface area contributed by atoms with Crippen LogP contribution in [0.2, 0.25) is 0 Å². The normalized spacial score (nSPS) is 20.2. The second kappa shape index (κ2) is 4.00.